The number of carbonyl (C=O) groups excluding carboxylic acids is 1. The van der Waals surface area contributed by atoms with Gasteiger partial charge in [0.25, 0.3) is 0 Å². The normalized spacial score (nSPS) is 9.62. The van der Waals surface area contributed by atoms with E-state index in [0.29, 0.717) is 29.9 Å². The Balaban J connectivity index is 2.93. The Hall–Kier alpha value is -1.77. The van der Waals surface area contributed by atoms with E-state index in [-0.39, 0.29) is 5.78 Å². The highest BCUT2D eigenvalue weighted by atomic mass is 16.5. The monoisotopic (exact) mass is 220 g/mol. The zero-order valence-corrected chi connectivity index (χ0v) is 9.66. The molecule has 3 nitrogen and oxygen atoms in total. The van der Waals surface area contributed by atoms with Crippen LogP contribution >= 0.6 is 0 Å². The minimum absolute atomic E-state index is 0.0668. The lowest BCUT2D eigenvalue weighted by Gasteiger charge is -2.07. The number of methoxy groups -OCH3 is 2. The first kappa shape index (κ1) is 12.3. The molecule has 0 N–H and O–H groups in total. The molecule has 0 atom stereocenters. The Kier molecular flexibility index (Phi) is 4.58. The molecule has 86 valence electrons. The average molecular weight is 220 g/mol. The van der Waals surface area contributed by atoms with Gasteiger partial charge in [-0.05, 0) is 18.6 Å². The van der Waals surface area contributed by atoms with Crippen molar-refractivity contribution in [2.75, 3.05) is 14.2 Å². The highest BCUT2D eigenvalue weighted by molar-refractivity contribution is 5.96. The fourth-order valence-corrected chi connectivity index (χ4v) is 1.35. The predicted molar refractivity (Wildman–Crippen MR) is 63.3 cm³/mol. The number of hydrogen-bond acceptors (Lipinski definition) is 3. The molecule has 0 aliphatic heterocycles. The van der Waals surface area contributed by atoms with Crippen LogP contribution in [0.4, 0.5) is 0 Å². The summed E-state index contributed by atoms with van der Waals surface area (Å²) >= 11 is 0. The molecule has 0 radical (unpaired) electrons. The van der Waals surface area contributed by atoms with Gasteiger partial charge < -0.3 is 9.47 Å². The highest BCUT2D eigenvalue weighted by Gasteiger charge is 2.08. The maximum Gasteiger partial charge on any atom is 0.163 e. The van der Waals surface area contributed by atoms with E-state index < -0.39 is 0 Å². The van der Waals surface area contributed by atoms with Gasteiger partial charge in [-0.1, -0.05) is 6.08 Å². The lowest BCUT2D eigenvalue weighted by molar-refractivity contribution is 0.0983. The molecule has 0 spiro atoms. The van der Waals surface area contributed by atoms with Crippen molar-refractivity contribution >= 4 is 5.78 Å². The number of rotatable bonds is 6. The molecule has 0 bridgehead atoms. The molecule has 3 heteroatoms. The van der Waals surface area contributed by atoms with Gasteiger partial charge >= 0.3 is 0 Å². The summed E-state index contributed by atoms with van der Waals surface area (Å²) in [5, 5.41) is 0. The largest absolute Gasteiger partial charge is 0.497 e. The van der Waals surface area contributed by atoms with Gasteiger partial charge in [-0.3, -0.25) is 4.79 Å². The van der Waals surface area contributed by atoms with E-state index in [4.69, 9.17) is 9.47 Å². The van der Waals surface area contributed by atoms with Gasteiger partial charge in [-0.15, -0.1) is 6.58 Å². The van der Waals surface area contributed by atoms with E-state index in [2.05, 4.69) is 6.58 Å². The fourth-order valence-electron chi connectivity index (χ4n) is 1.35. The Labute approximate surface area is 95.7 Å². The molecule has 0 saturated carbocycles. The van der Waals surface area contributed by atoms with Crippen molar-refractivity contribution in [1.82, 2.24) is 0 Å². The lowest BCUT2D eigenvalue weighted by Crippen LogP contribution is -2.00. The Morgan fingerprint density at radius 3 is 2.25 bits per heavy atom. The standard InChI is InChI=1S/C13H16O3/c1-4-5-6-13(14)10-7-11(15-2)9-12(8-10)16-3/h4,7-9H,1,5-6H2,2-3H3. The molecule has 0 heterocycles. The maximum atomic E-state index is 11.8. The van der Waals surface area contributed by atoms with Gasteiger partial charge in [0.2, 0.25) is 0 Å². The summed E-state index contributed by atoms with van der Waals surface area (Å²) in [6.07, 6.45) is 2.87. The third-order valence-electron chi connectivity index (χ3n) is 2.25. The predicted octanol–water partition coefficient (Wildman–Crippen LogP) is 2.85. The van der Waals surface area contributed by atoms with E-state index in [9.17, 15) is 4.79 Å². The summed E-state index contributed by atoms with van der Waals surface area (Å²) in [6, 6.07) is 5.17. The first-order valence-corrected chi connectivity index (χ1v) is 5.08. The average Bonchev–Trinajstić information content (AvgIpc) is 2.35. The van der Waals surface area contributed by atoms with Crippen LogP contribution in [-0.4, -0.2) is 20.0 Å². The Morgan fingerprint density at radius 1 is 1.25 bits per heavy atom. The third kappa shape index (κ3) is 3.12. The van der Waals surface area contributed by atoms with E-state index in [1.165, 1.54) is 0 Å². The van der Waals surface area contributed by atoms with Crippen LogP contribution in [0.3, 0.4) is 0 Å². The summed E-state index contributed by atoms with van der Waals surface area (Å²) in [6.45, 7) is 3.59. The molecule has 0 amide bonds. The summed E-state index contributed by atoms with van der Waals surface area (Å²) < 4.78 is 10.2. The van der Waals surface area contributed by atoms with Crippen LogP contribution in [-0.2, 0) is 0 Å². The molecule has 1 aromatic rings. The van der Waals surface area contributed by atoms with Crippen LogP contribution in [0.5, 0.6) is 11.5 Å². The van der Waals surface area contributed by atoms with Gasteiger partial charge in [0.05, 0.1) is 14.2 Å². The minimum atomic E-state index is 0.0668. The zero-order valence-electron chi connectivity index (χ0n) is 9.66. The van der Waals surface area contributed by atoms with Crippen LogP contribution in [0.2, 0.25) is 0 Å². The second kappa shape index (κ2) is 5.95. The van der Waals surface area contributed by atoms with Gasteiger partial charge in [0, 0.05) is 18.1 Å². The first-order chi connectivity index (χ1) is 7.71. The number of hydrogen-bond donors (Lipinski definition) is 0. The summed E-state index contributed by atoms with van der Waals surface area (Å²) in [5.41, 5.74) is 0.609. The molecule has 0 saturated heterocycles. The van der Waals surface area contributed by atoms with Crippen molar-refractivity contribution in [3.05, 3.63) is 36.4 Å². The SMILES string of the molecule is C=CCCC(=O)c1cc(OC)cc(OC)c1. The van der Waals surface area contributed by atoms with E-state index in [0.717, 1.165) is 0 Å². The topological polar surface area (TPSA) is 35.5 Å². The van der Waals surface area contributed by atoms with Crippen LogP contribution in [0.25, 0.3) is 0 Å². The molecule has 16 heavy (non-hydrogen) atoms. The molecule has 0 unspecified atom stereocenters. The van der Waals surface area contributed by atoms with Crippen molar-refractivity contribution in [2.24, 2.45) is 0 Å². The Morgan fingerprint density at radius 2 is 1.81 bits per heavy atom. The quantitative estimate of drug-likeness (QED) is 0.546. The molecule has 1 rings (SSSR count). The lowest BCUT2D eigenvalue weighted by atomic mass is 10.1. The van der Waals surface area contributed by atoms with Crippen LogP contribution in [0.15, 0.2) is 30.9 Å². The number of Topliss-reactive ketones (excluding diaryl/α,β-unsaturated/α-hetero) is 1. The second-order valence-electron chi connectivity index (χ2n) is 3.35. The van der Waals surface area contributed by atoms with E-state index >= 15 is 0 Å². The van der Waals surface area contributed by atoms with Crippen molar-refractivity contribution in [2.45, 2.75) is 12.8 Å². The summed E-state index contributed by atoms with van der Waals surface area (Å²) in [7, 11) is 3.12. The number of ketones is 1. The van der Waals surface area contributed by atoms with E-state index in [1.807, 2.05) is 0 Å². The van der Waals surface area contributed by atoms with Gasteiger partial charge in [-0.2, -0.15) is 0 Å². The summed E-state index contributed by atoms with van der Waals surface area (Å²) in [5.74, 6) is 1.32. The molecule has 1 aromatic carbocycles. The first-order valence-electron chi connectivity index (χ1n) is 5.08. The molecule has 0 aliphatic rings. The summed E-state index contributed by atoms with van der Waals surface area (Å²) in [4.78, 5) is 11.8. The molecule has 0 aliphatic carbocycles. The third-order valence-corrected chi connectivity index (χ3v) is 2.25. The molecular weight excluding hydrogens is 204 g/mol. The molecule has 0 aromatic heterocycles. The zero-order chi connectivity index (χ0) is 12.0. The molecule has 0 fully saturated rings. The minimum Gasteiger partial charge on any atom is -0.497 e. The number of allylic oxidation sites excluding steroid dienone is 1. The van der Waals surface area contributed by atoms with Gasteiger partial charge in [-0.25, -0.2) is 0 Å². The number of ether oxygens (including phenoxy) is 2. The van der Waals surface area contributed by atoms with Gasteiger partial charge in [0.1, 0.15) is 11.5 Å². The Bertz CT molecular complexity index is 361. The fraction of sp³-hybridized carbons (Fsp3) is 0.308. The van der Waals surface area contributed by atoms with Gasteiger partial charge in [0.15, 0.2) is 5.78 Å². The van der Waals surface area contributed by atoms with Crippen LogP contribution in [0, 0.1) is 0 Å². The van der Waals surface area contributed by atoms with Crippen molar-refractivity contribution in [3.63, 3.8) is 0 Å². The number of carbonyl (C=O) groups is 1. The van der Waals surface area contributed by atoms with Crippen LogP contribution in [0.1, 0.15) is 23.2 Å². The maximum absolute atomic E-state index is 11.8. The van der Waals surface area contributed by atoms with E-state index in [1.54, 1.807) is 38.5 Å². The van der Waals surface area contributed by atoms with Crippen molar-refractivity contribution in [1.29, 1.82) is 0 Å². The second-order valence-corrected chi connectivity index (χ2v) is 3.35. The van der Waals surface area contributed by atoms with Crippen LogP contribution < -0.4 is 9.47 Å². The van der Waals surface area contributed by atoms with Crippen molar-refractivity contribution in [3.8, 4) is 11.5 Å². The molecular formula is C13H16O3. The smallest absolute Gasteiger partial charge is 0.163 e. The van der Waals surface area contributed by atoms with Crippen molar-refractivity contribution < 1.29 is 14.3 Å². The number of benzene rings is 1. The highest BCUT2D eigenvalue weighted by Crippen LogP contribution is 2.23.